The number of ether oxygens (including phenoxy) is 1. The second-order valence-electron chi connectivity index (χ2n) is 5.30. The Labute approximate surface area is 114 Å². The minimum atomic E-state index is -0.824. The van der Waals surface area contributed by atoms with Gasteiger partial charge in [-0.25, -0.2) is 0 Å². The molecule has 1 atom stereocenters. The summed E-state index contributed by atoms with van der Waals surface area (Å²) >= 11 is 0. The molecule has 19 heavy (non-hydrogen) atoms. The van der Waals surface area contributed by atoms with Gasteiger partial charge in [-0.1, -0.05) is 19.1 Å². The fraction of sp³-hybridized carbons (Fsp3) is 0.533. The Balaban J connectivity index is 2.45. The number of rotatable bonds is 3. The topological polar surface area (TPSA) is 55.6 Å². The Morgan fingerprint density at radius 1 is 1.53 bits per heavy atom. The number of carbonyl (C=O) groups is 1. The first-order valence-electron chi connectivity index (χ1n) is 6.78. The monoisotopic (exact) mass is 262 g/mol. The van der Waals surface area contributed by atoms with Crippen molar-refractivity contribution in [1.82, 2.24) is 0 Å². The molecule has 0 saturated carbocycles. The van der Waals surface area contributed by atoms with Crippen LogP contribution in [0.3, 0.4) is 0 Å². The van der Waals surface area contributed by atoms with Crippen LogP contribution in [0.2, 0.25) is 0 Å². The van der Waals surface area contributed by atoms with Crippen molar-refractivity contribution < 1.29 is 9.53 Å². The van der Waals surface area contributed by atoms with Gasteiger partial charge in [-0.3, -0.25) is 4.79 Å². The molecule has 4 nitrogen and oxygen atoms in total. The Kier molecular flexibility index (Phi) is 3.80. The van der Waals surface area contributed by atoms with Crippen LogP contribution in [0.4, 0.5) is 5.69 Å². The number of hydrogen-bond donors (Lipinski definition) is 1. The molecule has 0 aromatic heterocycles. The maximum Gasteiger partial charge on any atom is 0.246 e. The average molecular weight is 262 g/mol. The summed E-state index contributed by atoms with van der Waals surface area (Å²) in [6.07, 6.45) is 2.56. The molecule has 0 spiro atoms. The van der Waals surface area contributed by atoms with Crippen LogP contribution in [0.5, 0.6) is 5.75 Å². The van der Waals surface area contributed by atoms with Crippen molar-refractivity contribution in [2.24, 2.45) is 5.73 Å². The standard InChI is InChI=1S/C15H22N2O2/c1-4-15(2,16)14(18)17-10-6-8-11-7-5-9-12(19-3)13(11)17/h5,7,9H,4,6,8,10,16H2,1-3H3. The normalized spacial score (nSPS) is 17.6. The molecular formula is C15H22N2O2. The zero-order valence-corrected chi connectivity index (χ0v) is 11.9. The van der Waals surface area contributed by atoms with Gasteiger partial charge in [-0.05, 0) is 37.8 Å². The van der Waals surface area contributed by atoms with Crippen molar-refractivity contribution in [2.75, 3.05) is 18.6 Å². The van der Waals surface area contributed by atoms with E-state index >= 15 is 0 Å². The van der Waals surface area contributed by atoms with Crippen LogP contribution in [0.25, 0.3) is 0 Å². The van der Waals surface area contributed by atoms with Gasteiger partial charge in [0.25, 0.3) is 0 Å². The summed E-state index contributed by atoms with van der Waals surface area (Å²) < 4.78 is 5.40. The lowest BCUT2D eigenvalue weighted by atomic mass is 9.94. The molecule has 2 N–H and O–H groups in total. The Morgan fingerprint density at radius 2 is 2.26 bits per heavy atom. The third-order valence-electron chi connectivity index (χ3n) is 3.87. The summed E-state index contributed by atoms with van der Waals surface area (Å²) in [5.74, 6) is 0.720. The molecule has 1 aliphatic rings. The maximum atomic E-state index is 12.6. The predicted molar refractivity (Wildman–Crippen MR) is 76.6 cm³/mol. The lowest BCUT2D eigenvalue weighted by Gasteiger charge is -2.35. The van der Waals surface area contributed by atoms with Crippen molar-refractivity contribution in [1.29, 1.82) is 0 Å². The molecule has 1 amide bonds. The molecule has 0 saturated heterocycles. The van der Waals surface area contributed by atoms with E-state index in [9.17, 15) is 4.79 Å². The summed E-state index contributed by atoms with van der Waals surface area (Å²) in [4.78, 5) is 14.4. The predicted octanol–water partition coefficient (Wildman–Crippen LogP) is 2.10. The fourth-order valence-corrected chi connectivity index (χ4v) is 2.44. The van der Waals surface area contributed by atoms with Gasteiger partial charge in [0, 0.05) is 6.54 Å². The van der Waals surface area contributed by atoms with E-state index in [4.69, 9.17) is 10.5 Å². The van der Waals surface area contributed by atoms with Crippen LogP contribution in [0.1, 0.15) is 32.3 Å². The molecule has 2 rings (SSSR count). The van der Waals surface area contributed by atoms with E-state index in [2.05, 4.69) is 6.07 Å². The third-order valence-corrected chi connectivity index (χ3v) is 3.87. The molecule has 1 aromatic rings. The van der Waals surface area contributed by atoms with Crippen LogP contribution in [0.15, 0.2) is 18.2 Å². The van der Waals surface area contributed by atoms with Crippen LogP contribution >= 0.6 is 0 Å². The lowest BCUT2D eigenvalue weighted by molar-refractivity contribution is -0.123. The van der Waals surface area contributed by atoms with E-state index in [1.807, 2.05) is 19.1 Å². The molecule has 0 fully saturated rings. The molecule has 1 heterocycles. The van der Waals surface area contributed by atoms with E-state index in [0.29, 0.717) is 13.0 Å². The van der Waals surface area contributed by atoms with Crippen molar-refractivity contribution in [3.8, 4) is 5.75 Å². The second-order valence-corrected chi connectivity index (χ2v) is 5.30. The van der Waals surface area contributed by atoms with Crippen LogP contribution < -0.4 is 15.4 Å². The number of methoxy groups -OCH3 is 1. The highest BCUT2D eigenvalue weighted by molar-refractivity contribution is 6.01. The molecular weight excluding hydrogens is 240 g/mol. The zero-order valence-electron chi connectivity index (χ0n) is 11.9. The number of anilines is 1. The van der Waals surface area contributed by atoms with E-state index < -0.39 is 5.54 Å². The van der Waals surface area contributed by atoms with Gasteiger partial charge in [0.15, 0.2) is 0 Å². The first kappa shape index (κ1) is 13.9. The third kappa shape index (κ3) is 2.45. The van der Waals surface area contributed by atoms with E-state index in [-0.39, 0.29) is 5.91 Å². The van der Waals surface area contributed by atoms with Gasteiger partial charge in [-0.2, -0.15) is 0 Å². The highest BCUT2D eigenvalue weighted by Gasteiger charge is 2.35. The summed E-state index contributed by atoms with van der Waals surface area (Å²) in [5, 5.41) is 0. The fourth-order valence-electron chi connectivity index (χ4n) is 2.44. The van der Waals surface area contributed by atoms with E-state index in [0.717, 1.165) is 29.8 Å². The van der Waals surface area contributed by atoms with Gasteiger partial charge in [0.2, 0.25) is 5.91 Å². The van der Waals surface area contributed by atoms with Crippen molar-refractivity contribution in [3.05, 3.63) is 23.8 Å². The number of aryl methyl sites for hydroxylation is 1. The van der Waals surface area contributed by atoms with Crippen LogP contribution in [-0.2, 0) is 11.2 Å². The van der Waals surface area contributed by atoms with Gasteiger partial charge < -0.3 is 15.4 Å². The minimum absolute atomic E-state index is 0.0274. The first-order valence-corrected chi connectivity index (χ1v) is 6.78. The Hall–Kier alpha value is -1.55. The molecule has 0 aliphatic carbocycles. The smallest absolute Gasteiger partial charge is 0.246 e. The van der Waals surface area contributed by atoms with E-state index in [1.54, 1.807) is 18.9 Å². The number of nitrogens with zero attached hydrogens (tertiary/aromatic N) is 1. The maximum absolute atomic E-state index is 12.6. The van der Waals surface area contributed by atoms with Gasteiger partial charge >= 0.3 is 0 Å². The summed E-state index contributed by atoms with van der Waals surface area (Å²) in [6, 6.07) is 5.91. The van der Waals surface area contributed by atoms with Crippen LogP contribution in [0, 0.1) is 0 Å². The zero-order chi connectivity index (χ0) is 14.0. The second kappa shape index (κ2) is 5.21. The quantitative estimate of drug-likeness (QED) is 0.907. The average Bonchev–Trinajstić information content (AvgIpc) is 2.45. The molecule has 0 radical (unpaired) electrons. The SMILES string of the molecule is CCC(C)(N)C(=O)N1CCCc2cccc(OC)c21. The molecule has 1 aromatic carbocycles. The first-order chi connectivity index (χ1) is 9.01. The highest BCUT2D eigenvalue weighted by atomic mass is 16.5. The molecule has 1 unspecified atom stereocenters. The Morgan fingerprint density at radius 3 is 2.89 bits per heavy atom. The number of carbonyl (C=O) groups excluding carboxylic acids is 1. The summed E-state index contributed by atoms with van der Waals surface area (Å²) in [6.45, 7) is 4.43. The van der Waals surface area contributed by atoms with Crippen molar-refractivity contribution in [2.45, 2.75) is 38.6 Å². The summed E-state index contributed by atoms with van der Waals surface area (Å²) in [7, 11) is 1.63. The van der Waals surface area contributed by atoms with Gasteiger partial charge in [0.1, 0.15) is 5.75 Å². The minimum Gasteiger partial charge on any atom is -0.495 e. The number of nitrogens with two attached hydrogens (primary N) is 1. The number of benzene rings is 1. The van der Waals surface area contributed by atoms with Crippen molar-refractivity contribution in [3.63, 3.8) is 0 Å². The number of para-hydroxylation sites is 1. The Bertz CT molecular complexity index is 469. The molecule has 0 bridgehead atoms. The highest BCUT2D eigenvalue weighted by Crippen LogP contribution is 2.37. The number of amides is 1. The largest absolute Gasteiger partial charge is 0.495 e. The van der Waals surface area contributed by atoms with Crippen LogP contribution in [-0.4, -0.2) is 25.1 Å². The molecule has 104 valence electrons. The number of hydrogen-bond acceptors (Lipinski definition) is 3. The summed E-state index contributed by atoms with van der Waals surface area (Å²) in [5.41, 5.74) is 7.34. The van der Waals surface area contributed by atoms with Gasteiger partial charge in [-0.15, -0.1) is 0 Å². The molecule has 4 heteroatoms. The number of fused-ring (bicyclic) bond motifs is 1. The van der Waals surface area contributed by atoms with Gasteiger partial charge in [0.05, 0.1) is 18.3 Å². The van der Waals surface area contributed by atoms with Crippen molar-refractivity contribution >= 4 is 11.6 Å². The van der Waals surface area contributed by atoms with E-state index in [1.165, 1.54) is 0 Å². The lowest BCUT2D eigenvalue weighted by Crippen LogP contribution is -2.54. The molecule has 1 aliphatic heterocycles.